The Morgan fingerprint density at radius 3 is 2.68 bits per heavy atom. The van der Waals surface area contributed by atoms with E-state index in [-0.39, 0.29) is 0 Å². The van der Waals surface area contributed by atoms with Crippen molar-refractivity contribution in [1.82, 2.24) is 9.97 Å². The number of nitrogens with zero attached hydrogens (tertiary/aromatic N) is 2. The van der Waals surface area contributed by atoms with Gasteiger partial charge in [-0.1, -0.05) is 0 Å². The van der Waals surface area contributed by atoms with Gasteiger partial charge in [0.2, 0.25) is 0 Å². The number of nitrogens with two attached hydrogens (primary N) is 1. The number of anilines is 1. The Morgan fingerprint density at radius 2 is 2.05 bits per heavy atom. The quantitative estimate of drug-likeness (QED) is 0.554. The summed E-state index contributed by atoms with van der Waals surface area (Å²) in [5.41, 5.74) is 4.83. The SMILES string of the molecule is Cc1ccoc1-c1nc(NN)c2c(C)c(C)sc2n1. The van der Waals surface area contributed by atoms with Crippen LogP contribution in [0.3, 0.4) is 0 Å². The van der Waals surface area contributed by atoms with Gasteiger partial charge in [0.25, 0.3) is 0 Å². The first-order valence-corrected chi connectivity index (χ1v) is 6.72. The maximum Gasteiger partial charge on any atom is 0.199 e. The van der Waals surface area contributed by atoms with Crippen LogP contribution in [0.5, 0.6) is 0 Å². The number of fused-ring (bicyclic) bond motifs is 1. The van der Waals surface area contributed by atoms with Crippen LogP contribution in [-0.2, 0) is 0 Å². The maximum absolute atomic E-state index is 5.59. The van der Waals surface area contributed by atoms with Gasteiger partial charge in [0.15, 0.2) is 17.4 Å². The number of hydrogen-bond acceptors (Lipinski definition) is 6. The Hall–Kier alpha value is -1.92. The van der Waals surface area contributed by atoms with Gasteiger partial charge >= 0.3 is 0 Å². The standard InChI is InChI=1S/C13H14N4OS/c1-6-4-5-18-10(6)12-15-11(17-14)9-7(2)8(3)19-13(9)16-12/h4-5H,14H2,1-3H3,(H,15,16,17). The summed E-state index contributed by atoms with van der Waals surface area (Å²) in [4.78, 5) is 11.2. The van der Waals surface area contributed by atoms with Crippen LogP contribution >= 0.6 is 11.3 Å². The first-order valence-electron chi connectivity index (χ1n) is 5.90. The number of nitrogens with one attached hydrogen (secondary N) is 1. The zero-order valence-corrected chi connectivity index (χ0v) is 11.8. The molecule has 0 atom stereocenters. The third-order valence-corrected chi connectivity index (χ3v) is 4.33. The molecule has 0 spiro atoms. The molecular weight excluding hydrogens is 260 g/mol. The summed E-state index contributed by atoms with van der Waals surface area (Å²) in [5.74, 6) is 7.47. The minimum absolute atomic E-state index is 0.559. The van der Waals surface area contributed by atoms with Crippen molar-refractivity contribution in [3.8, 4) is 11.6 Å². The second-order valence-corrected chi connectivity index (χ2v) is 5.64. The van der Waals surface area contributed by atoms with E-state index in [1.807, 2.05) is 13.0 Å². The molecule has 3 aromatic heterocycles. The van der Waals surface area contributed by atoms with Crippen LogP contribution in [0.4, 0.5) is 5.82 Å². The van der Waals surface area contributed by atoms with Crippen LogP contribution < -0.4 is 11.3 Å². The summed E-state index contributed by atoms with van der Waals surface area (Å²) in [6.07, 6.45) is 1.64. The summed E-state index contributed by atoms with van der Waals surface area (Å²) in [6, 6.07) is 1.89. The van der Waals surface area contributed by atoms with E-state index in [0.717, 1.165) is 21.3 Å². The second kappa shape index (κ2) is 4.32. The Kier molecular flexibility index (Phi) is 2.76. The lowest BCUT2D eigenvalue weighted by atomic mass is 10.2. The first-order chi connectivity index (χ1) is 9.11. The molecule has 0 bridgehead atoms. The van der Waals surface area contributed by atoms with Gasteiger partial charge in [-0.15, -0.1) is 11.3 Å². The largest absolute Gasteiger partial charge is 0.461 e. The number of thiophene rings is 1. The van der Waals surface area contributed by atoms with Crippen molar-refractivity contribution in [3.63, 3.8) is 0 Å². The van der Waals surface area contributed by atoms with Crippen LogP contribution in [0.15, 0.2) is 16.7 Å². The highest BCUT2D eigenvalue weighted by Crippen LogP contribution is 2.35. The van der Waals surface area contributed by atoms with E-state index in [2.05, 4.69) is 29.2 Å². The average molecular weight is 274 g/mol. The van der Waals surface area contributed by atoms with Crippen LogP contribution in [0.25, 0.3) is 21.8 Å². The van der Waals surface area contributed by atoms with Gasteiger partial charge in [0.05, 0.1) is 11.6 Å². The number of furan rings is 1. The third kappa shape index (κ3) is 1.80. The molecule has 0 aliphatic carbocycles. The van der Waals surface area contributed by atoms with Crippen molar-refractivity contribution >= 4 is 27.4 Å². The average Bonchev–Trinajstić information content (AvgIpc) is 2.93. The fourth-order valence-electron chi connectivity index (χ4n) is 2.06. The summed E-state index contributed by atoms with van der Waals surface area (Å²) >= 11 is 1.64. The van der Waals surface area contributed by atoms with Gasteiger partial charge in [-0.05, 0) is 38.0 Å². The molecule has 0 saturated carbocycles. The monoisotopic (exact) mass is 274 g/mol. The molecule has 0 radical (unpaired) electrons. The molecule has 3 rings (SSSR count). The maximum atomic E-state index is 5.59. The molecule has 0 saturated heterocycles. The van der Waals surface area contributed by atoms with Crippen molar-refractivity contribution in [2.24, 2.45) is 5.84 Å². The normalized spacial score (nSPS) is 11.2. The Bertz CT molecular complexity index is 759. The molecule has 0 aliphatic heterocycles. The third-order valence-electron chi connectivity index (χ3n) is 3.23. The van der Waals surface area contributed by atoms with E-state index < -0.39 is 0 Å². The van der Waals surface area contributed by atoms with Crippen molar-refractivity contribution in [2.75, 3.05) is 5.43 Å². The predicted octanol–water partition coefficient (Wildman–Crippen LogP) is 3.16. The molecule has 0 amide bonds. The van der Waals surface area contributed by atoms with Gasteiger partial charge in [-0.3, -0.25) is 0 Å². The molecule has 98 valence electrons. The van der Waals surface area contributed by atoms with Crippen molar-refractivity contribution < 1.29 is 4.42 Å². The van der Waals surface area contributed by atoms with E-state index in [1.165, 1.54) is 4.88 Å². The van der Waals surface area contributed by atoms with Gasteiger partial charge < -0.3 is 9.84 Å². The highest BCUT2D eigenvalue weighted by atomic mass is 32.1. The topological polar surface area (TPSA) is 77.0 Å². The Balaban J connectivity index is 2.32. The van der Waals surface area contributed by atoms with Crippen LogP contribution in [0.2, 0.25) is 0 Å². The predicted molar refractivity (Wildman–Crippen MR) is 77.1 cm³/mol. The Labute approximate surface area is 114 Å². The van der Waals surface area contributed by atoms with E-state index in [0.29, 0.717) is 17.4 Å². The van der Waals surface area contributed by atoms with Crippen LogP contribution in [-0.4, -0.2) is 9.97 Å². The number of hydrogen-bond donors (Lipinski definition) is 2. The van der Waals surface area contributed by atoms with Crippen molar-refractivity contribution in [2.45, 2.75) is 20.8 Å². The molecule has 6 heteroatoms. The van der Waals surface area contributed by atoms with Gasteiger partial charge in [-0.25, -0.2) is 15.8 Å². The minimum atomic E-state index is 0.559. The summed E-state index contributed by atoms with van der Waals surface area (Å²) in [6.45, 7) is 6.09. The second-order valence-electron chi connectivity index (χ2n) is 4.44. The Morgan fingerprint density at radius 1 is 1.26 bits per heavy atom. The van der Waals surface area contributed by atoms with Crippen LogP contribution in [0.1, 0.15) is 16.0 Å². The smallest absolute Gasteiger partial charge is 0.199 e. The molecule has 5 nitrogen and oxygen atoms in total. The van der Waals surface area contributed by atoms with Crippen molar-refractivity contribution in [3.05, 3.63) is 28.3 Å². The molecule has 0 fully saturated rings. The molecular formula is C13H14N4OS. The number of aromatic nitrogens is 2. The zero-order valence-electron chi connectivity index (χ0n) is 10.9. The number of nitrogen functional groups attached to an aromatic ring is 1. The van der Waals surface area contributed by atoms with E-state index in [1.54, 1.807) is 17.6 Å². The van der Waals surface area contributed by atoms with E-state index in [4.69, 9.17) is 10.3 Å². The molecule has 3 heterocycles. The summed E-state index contributed by atoms with van der Waals surface area (Å²) in [5, 5.41) is 0.984. The highest BCUT2D eigenvalue weighted by molar-refractivity contribution is 7.18. The summed E-state index contributed by atoms with van der Waals surface area (Å²) in [7, 11) is 0. The molecule has 0 aliphatic rings. The fraction of sp³-hybridized carbons (Fsp3) is 0.231. The van der Waals surface area contributed by atoms with Crippen LogP contribution in [0, 0.1) is 20.8 Å². The summed E-state index contributed by atoms with van der Waals surface area (Å²) < 4.78 is 5.45. The molecule has 3 aromatic rings. The number of aryl methyl sites for hydroxylation is 3. The van der Waals surface area contributed by atoms with E-state index in [9.17, 15) is 0 Å². The number of hydrazine groups is 1. The first kappa shape index (κ1) is 12.1. The molecule has 3 N–H and O–H groups in total. The fourth-order valence-corrected chi connectivity index (χ4v) is 3.09. The lowest BCUT2D eigenvalue weighted by Gasteiger charge is -2.05. The zero-order chi connectivity index (χ0) is 13.6. The molecule has 0 aromatic carbocycles. The highest BCUT2D eigenvalue weighted by Gasteiger charge is 2.17. The van der Waals surface area contributed by atoms with E-state index >= 15 is 0 Å². The van der Waals surface area contributed by atoms with Gasteiger partial charge in [0.1, 0.15) is 4.83 Å². The lowest BCUT2D eigenvalue weighted by Crippen LogP contribution is -2.10. The number of rotatable bonds is 2. The lowest BCUT2D eigenvalue weighted by molar-refractivity contribution is 0.576. The van der Waals surface area contributed by atoms with Gasteiger partial charge in [0, 0.05) is 4.88 Å². The van der Waals surface area contributed by atoms with Gasteiger partial charge in [-0.2, -0.15) is 0 Å². The van der Waals surface area contributed by atoms with Crippen molar-refractivity contribution in [1.29, 1.82) is 0 Å². The molecule has 19 heavy (non-hydrogen) atoms. The minimum Gasteiger partial charge on any atom is -0.461 e. The molecule has 0 unspecified atom stereocenters.